The van der Waals surface area contributed by atoms with Crippen LogP contribution in [0.25, 0.3) is 11.0 Å². The van der Waals surface area contributed by atoms with Crippen LogP contribution in [0.3, 0.4) is 0 Å². The van der Waals surface area contributed by atoms with Gasteiger partial charge in [-0.3, -0.25) is 4.79 Å². The van der Waals surface area contributed by atoms with Gasteiger partial charge in [-0.2, -0.15) is 0 Å². The molecule has 0 saturated carbocycles. The molecule has 2 unspecified atom stereocenters. The van der Waals surface area contributed by atoms with E-state index in [0.717, 1.165) is 11.8 Å². The molecule has 0 aliphatic carbocycles. The summed E-state index contributed by atoms with van der Waals surface area (Å²) in [5.41, 5.74) is 4.03. The molecule has 4 rings (SSSR count). The Morgan fingerprint density at radius 1 is 0.727 bits per heavy atom. The van der Waals surface area contributed by atoms with Gasteiger partial charge in [0.2, 0.25) is 0 Å². The molecule has 0 aliphatic rings. The summed E-state index contributed by atoms with van der Waals surface area (Å²) in [5.74, 6) is 1.16. The van der Waals surface area contributed by atoms with E-state index in [0.29, 0.717) is 28.5 Å². The Morgan fingerprint density at radius 3 is 1.91 bits per heavy atom. The fourth-order valence-corrected chi connectivity index (χ4v) is 3.60. The Bertz CT molecular complexity index is 1240. The third-order valence-electron chi connectivity index (χ3n) is 6.22. The first-order chi connectivity index (χ1) is 15.9. The molecule has 0 aliphatic heterocycles. The van der Waals surface area contributed by atoms with Gasteiger partial charge in [-0.05, 0) is 60.1 Å². The monoisotopic (exact) mass is 440 g/mol. The van der Waals surface area contributed by atoms with Crippen molar-refractivity contribution >= 4 is 16.8 Å². The molecule has 1 aromatic heterocycles. The standard InChI is InChI=1S/C20H18O3.C10H14/c1-3-13(2)14-4-6-15(7-5-14)20(22)17-8-10-18-16(12-17)9-11-19(21)23-18;1-3-9(2)10-7-5-4-6-8-10/h4-13H,3H2,1-2H3;4-9H,3H2,1-2H3. The first-order valence-corrected chi connectivity index (χ1v) is 11.7. The summed E-state index contributed by atoms with van der Waals surface area (Å²) in [7, 11) is 0. The normalized spacial score (nSPS) is 12.5. The van der Waals surface area contributed by atoms with Crippen molar-refractivity contribution in [3.8, 4) is 0 Å². The van der Waals surface area contributed by atoms with E-state index in [9.17, 15) is 9.59 Å². The van der Waals surface area contributed by atoms with Gasteiger partial charge in [0.25, 0.3) is 0 Å². The van der Waals surface area contributed by atoms with E-state index in [1.54, 1.807) is 24.3 Å². The minimum absolute atomic E-state index is 0.0335. The van der Waals surface area contributed by atoms with E-state index in [1.807, 2.05) is 24.3 Å². The van der Waals surface area contributed by atoms with Gasteiger partial charge in [0.05, 0.1) is 0 Å². The number of rotatable bonds is 6. The van der Waals surface area contributed by atoms with Gasteiger partial charge in [0.15, 0.2) is 5.78 Å². The zero-order valence-electron chi connectivity index (χ0n) is 19.9. The first-order valence-electron chi connectivity index (χ1n) is 11.7. The molecular weight excluding hydrogens is 408 g/mol. The fourth-order valence-electron chi connectivity index (χ4n) is 3.60. The number of hydrogen-bond donors (Lipinski definition) is 0. The van der Waals surface area contributed by atoms with Crippen molar-refractivity contribution in [1.29, 1.82) is 0 Å². The third-order valence-corrected chi connectivity index (χ3v) is 6.22. The average Bonchev–Trinajstić information content (AvgIpc) is 2.88. The van der Waals surface area contributed by atoms with E-state index in [2.05, 4.69) is 58.0 Å². The van der Waals surface area contributed by atoms with Crippen molar-refractivity contribution in [3.05, 3.63) is 118 Å². The second-order valence-electron chi connectivity index (χ2n) is 8.49. The Hall–Kier alpha value is -3.46. The molecule has 0 spiro atoms. The molecular formula is C30H32O3. The molecule has 0 bridgehead atoms. The molecule has 0 saturated heterocycles. The number of hydrogen-bond acceptors (Lipinski definition) is 3. The molecule has 0 N–H and O–H groups in total. The summed E-state index contributed by atoms with van der Waals surface area (Å²) in [4.78, 5) is 23.8. The maximum Gasteiger partial charge on any atom is 0.336 e. The molecule has 2 atom stereocenters. The summed E-state index contributed by atoms with van der Waals surface area (Å²) in [6.07, 6.45) is 2.30. The maximum atomic E-state index is 12.6. The van der Waals surface area contributed by atoms with Crippen molar-refractivity contribution in [2.45, 2.75) is 52.4 Å². The van der Waals surface area contributed by atoms with Crippen molar-refractivity contribution in [2.75, 3.05) is 0 Å². The van der Waals surface area contributed by atoms with Crippen LogP contribution in [0.1, 0.15) is 79.4 Å². The first kappa shape index (κ1) is 24.2. The van der Waals surface area contributed by atoms with E-state index < -0.39 is 5.63 Å². The highest BCUT2D eigenvalue weighted by atomic mass is 16.4. The SMILES string of the molecule is CCC(C)c1ccc(C(=O)c2ccc3oc(=O)ccc3c2)cc1.CCC(C)c1ccccc1. The Morgan fingerprint density at radius 2 is 1.30 bits per heavy atom. The molecule has 4 aromatic rings. The highest BCUT2D eigenvalue weighted by Crippen LogP contribution is 2.21. The Kier molecular flexibility index (Phi) is 8.37. The van der Waals surface area contributed by atoms with Crippen molar-refractivity contribution in [1.82, 2.24) is 0 Å². The molecule has 1 heterocycles. The van der Waals surface area contributed by atoms with Crippen LogP contribution >= 0.6 is 0 Å². The molecule has 3 nitrogen and oxygen atoms in total. The lowest BCUT2D eigenvalue weighted by Crippen LogP contribution is -2.02. The highest BCUT2D eigenvalue weighted by molar-refractivity contribution is 6.10. The number of fused-ring (bicyclic) bond motifs is 1. The highest BCUT2D eigenvalue weighted by Gasteiger charge is 2.11. The van der Waals surface area contributed by atoms with E-state index in [1.165, 1.54) is 23.6 Å². The maximum absolute atomic E-state index is 12.6. The van der Waals surface area contributed by atoms with Crippen LogP contribution in [0.15, 0.2) is 94.1 Å². The largest absolute Gasteiger partial charge is 0.423 e. The van der Waals surface area contributed by atoms with Crippen LogP contribution in [0.4, 0.5) is 0 Å². The van der Waals surface area contributed by atoms with Crippen LogP contribution in [-0.4, -0.2) is 5.78 Å². The predicted molar refractivity (Wildman–Crippen MR) is 136 cm³/mol. The lowest BCUT2D eigenvalue weighted by atomic mass is 9.95. The van der Waals surface area contributed by atoms with Crippen LogP contribution in [0.5, 0.6) is 0 Å². The van der Waals surface area contributed by atoms with Crippen LogP contribution in [0.2, 0.25) is 0 Å². The number of ketones is 1. The smallest absolute Gasteiger partial charge is 0.336 e. The van der Waals surface area contributed by atoms with Gasteiger partial charge in [-0.15, -0.1) is 0 Å². The minimum Gasteiger partial charge on any atom is -0.423 e. The predicted octanol–water partition coefficient (Wildman–Crippen LogP) is 7.74. The van der Waals surface area contributed by atoms with Crippen LogP contribution in [-0.2, 0) is 0 Å². The fraction of sp³-hybridized carbons (Fsp3) is 0.267. The molecule has 3 heteroatoms. The number of carbonyl (C=O) groups excluding carboxylic acids is 1. The molecule has 0 fully saturated rings. The zero-order chi connectivity index (χ0) is 23.8. The van der Waals surface area contributed by atoms with Gasteiger partial charge in [-0.25, -0.2) is 4.79 Å². The van der Waals surface area contributed by atoms with E-state index in [-0.39, 0.29) is 5.78 Å². The second kappa shape index (κ2) is 11.4. The topological polar surface area (TPSA) is 47.3 Å². The number of benzene rings is 3. The minimum atomic E-state index is -0.391. The zero-order valence-corrected chi connectivity index (χ0v) is 19.9. The summed E-state index contributed by atoms with van der Waals surface area (Å²) in [6.45, 7) is 8.80. The quantitative estimate of drug-likeness (QED) is 0.227. The second-order valence-corrected chi connectivity index (χ2v) is 8.49. The van der Waals surface area contributed by atoms with E-state index >= 15 is 0 Å². The number of carbonyl (C=O) groups is 1. The molecule has 0 amide bonds. The van der Waals surface area contributed by atoms with Gasteiger partial charge in [0.1, 0.15) is 5.58 Å². The molecule has 170 valence electrons. The van der Waals surface area contributed by atoms with Crippen molar-refractivity contribution in [3.63, 3.8) is 0 Å². The molecule has 33 heavy (non-hydrogen) atoms. The Balaban J connectivity index is 0.000000257. The van der Waals surface area contributed by atoms with Crippen LogP contribution < -0.4 is 5.63 Å². The summed E-state index contributed by atoms with van der Waals surface area (Å²) < 4.78 is 5.09. The molecule has 3 aromatic carbocycles. The van der Waals surface area contributed by atoms with Gasteiger partial charge in [-0.1, -0.05) is 82.3 Å². The molecule has 0 radical (unpaired) electrons. The average molecular weight is 441 g/mol. The van der Waals surface area contributed by atoms with Crippen molar-refractivity contribution in [2.24, 2.45) is 0 Å². The van der Waals surface area contributed by atoms with Gasteiger partial charge >= 0.3 is 5.63 Å². The van der Waals surface area contributed by atoms with Crippen LogP contribution in [0, 0.1) is 0 Å². The van der Waals surface area contributed by atoms with Gasteiger partial charge < -0.3 is 4.42 Å². The summed E-state index contributed by atoms with van der Waals surface area (Å²) in [5, 5.41) is 0.742. The Labute approximate surface area is 196 Å². The van der Waals surface area contributed by atoms with Gasteiger partial charge in [0, 0.05) is 22.6 Å². The van der Waals surface area contributed by atoms with Crippen molar-refractivity contribution < 1.29 is 9.21 Å². The third kappa shape index (κ3) is 6.29. The lowest BCUT2D eigenvalue weighted by molar-refractivity contribution is 0.103. The van der Waals surface area contributed by atoms with E-state index in [4.69, 9.17) is 4.42 Å². The lowest BCUT2D eigenvalue weighted by Gasteiger charge is -2.09. The summed E-state index contributed by atoms with van der Waals surface area (Å²) >= 11 is 0. The summed E-state index contributed by atoms with van der Waals surface area (Å²) in [6, 6.07) is 26.6.